The van der Waals surface area contributed by atoms with Crippen molar-refractivity contribution in [3.8, 4) is 0 Å². The first kappa shape index (κ1) is 15.9. The molecule has 0 aliphatic rings. The van der Waals surface area contributed by atoms with Gasteiger partial charge in [-0.25, -0.2) is 0 Å². The van der Waals surface area contributed by atoms with E-state index in [4.69, 9.17) is 4.74 Å². The van der Waals surface area contributed by atoms with Crippen molar-refractivity contribution in [2.75, 3.05) is 0 Å². The molecule has 0 aromatic heterocycles. The Morgan fingerprint density at radius 1 is 1.16 bits per heavy atom. The Bertz CT molecular complexity index is 461. The summed E-state index contributed by atoms with van der Waals surface area (Å²) in [5.74, 6) is -0.219. The monoisotopic (exact) mass is 326 g/mol. The fraction of sp³-hybridized carbons (Fsp3) is 0.467. The molecule has 0 saturated carbocycles. The SMILES string of the molecule is CC(C)(C)OC(=O)CCCC(=O)c1ccccc1Br. The highest BCUT2D eigenvalue weighted by molar-refractivity contribution is 9.10. The van der Waals surface area contributed by atoms with E-state index in [0.717, 1.165) is 4.47 Å². The predicted octanol–water partition coefficient (Wildman–Crippen LogP) is 4.14. The molecular formula is C15H19BrO3. The average Bonchev–Trinajstić information content (AvgIpc) is 2.26. The summed E-state index contributed by atoms with van der Waals surface area (Å²) in [5.41, 5.74) is 0.190. The van der Waals surface area contributed by atoms with Crippen LogP contribution in [0.1, 0.15) is 50.4 Å². The molecule has 3 nitrogen and oxygen atoms in total. The molecule has 104 valence electrons. The minimum atomic E-state index is -0.469. The van der Waals surface area contributed by atoms with Crippen LogP contribution in [0.25, 0.3) is 0 Å². The molecule has 0 saturated heterocycles. The predicted molar refractivity (Wildman–Crippen MR) is 78.2 cm³/mol. The summed E-state index contributed by atoms with van der Waals surface area (Å²) >= 11 is 3.35. The number of esters is 1. The van der Waals surface area contributed by atoms with E-state index < -0.39 is 5.60 Å². The Labute approximate surface area is 122 Å². The van der Waals surface area contributed by atoms with Gasteiger partial charge in [-0.1, -0.05) is 34.1 Å². The van der Waals surface area contributed by atoms with Crippen LogP contribution in [-0.2, 0) is 9.53 Å². The first-order valence-electron chi connectivity index (χ1n) is 6.29. The molecule has 0 spiro atoms. The van der Waals surface area contributed by atoms with Crippen molar-refractivity contribution >= 4 is 27.7 Å². The van der Waals surface area contributed by atoms with Crippen LogP contribution in [-0.4, -0.2) is 17.4 Å². The first-order valence-corrected chi connectivity index (χ1v) is 7.08. The van der Waals surface area contributed by atoms with Crippen LogP contribution < -0.4 is 0 Å². The van der Waals surface area contributed by atoms with Gasteiger partial charge in [-0.05, 0) is 33.3 Å². The summed E-state index contributed by atoms with van der Waals surface area (Å²) < 4.78 is 5.98. The zero-order valence-electron chi connectivity index (χ0n) is 11.5. The van der Waals surface area contributed by atoms with Crippen LogP contribution in [0.3, 0.4) is 0 Å². The van der Waals surface area contributed by atoms with E-state index in [1.54, 1.807) is 6.07 Å². The summed E-state index contributed by atoms with van der Waals surface area (Å²) in [7, 11) is 0. The largest absolute Gasteiger partial charge is 0.460 e. The maximum absolute atomic E-state index is 12.0. The van der Waals surface area contributed by atoms with Crippen LogP contribution >= 0.6 is 15.9 Å². The molecule has 1 aromatic carbocycles. The van der Waals surface area contributed by atoms with Crippen molar-refractivity contribution < 1.29 is 14.3 Å². The van der Waals surface area contributed by atoms with E-state index in [0.29, 0.717) is 18.4 Å². The zero-order valence-corrected chi connectivity index (χ0v) is 13.1. The highest BCUT2D eigenvalue weighted by Crippen LogP contribution is 2.19. The molecule has 0 heterocycles. The zero-order chi connectivity index (χ0) is 14.5. The topological polar surface area (TPSA) is 43.4 Å². The van der Waals surface area contributed by atoms with Gasteiger partial charge in [0.15, 0.2) is 5.78 Å². The van der Waals surface area contributed by atoms with E-state index in [9.17, 15) is 9.59 Å². The molecule has 0 aliphatic carbocycles. The van der Waals surface area contributed by atoms with Crippen LogP contribution in [0.4, 0.5) is 0 Å². The van der Waals surface area contributed by atoms with Gasteiger partial charge in [-0.15, -0.1) is 0 Å². The lowest BCUT2D eigenvalue weighted by atomic mass is 10.1. The Morgan fingerprint density at radius 2 is 1.79 bits per heavy atom. The third-order valence-electron chi connectivity index (χ3n) is 2.38. The summed E-state index contributed by atoms with van der Waals surface area (Å²) in [4.78, 5) is 23.5. The Hall–Kier alpha value is -1.16. The van der Waals surface area contributed by atoms with Gasteiger partial charge in [-0.2, -0.15) is 0 Å². The first-order chi connectivity index (χ1) is 8.79. The highest BCUT2D eigenvalue weighted by Gasteiger charge is 2.16. The van der Waals surface area contributed by atoms with Gasteiger partial charge < -0.3 is 4.74 Å². The van der Waals surface area contributed by atoms with E-state index >= 15 is 0 Å². The Balaban J connectivity index is 2.40. The molecular weight excluding hydrogens is 308 g/mol. The van der Waals surface area contributed by atoms with Gasteiger partial charge in [0.05, 0.1) is 0 Å². The van der Waals surface area contributed by atoms with Crippen molar-refractivity contribution in [3.63, 3.8) is 0 Å². The number of halogens is 1. The third-order valence-corrected chi connectivity index (χ3v) is 3.07. The van der Waals surface area contributed by atoms with Crippen LogP contribution in [0.2, 0.25) is 0 Å². The number of carbonyl (C=O) groups excluding carboxylic acids is 2. The second kappa shape index (κ2) is 6.85. The molecule has 0 fully saturated rings. The molecule has 0 N–H and O–H groups in total. The lowest BCUT2D eigenvalue weighted by molar-refractivity contribution is -0.154. The Morgan fingerprint density at radius 3 is 2.37 bits per heavy atom. The summed E-state index contributed by atoms with van der Waals surface area (Å²) in [6.45, 7) is 5.49. The van der Waals surface area contributed by atoms with Gasteiger partial charge in [0.2, 0.25) is 0 Å². The minimum Gasteiger partial charge on any atom is -0.460 e. The van der Waals surface area contributed by atoms with Crippen molar-refractivity contribution in [1.82, 2.24) is 0 Å². The smallest absolute Gasteiger partial charge is 0.306 e. The van der Waals surface area contributed by atoms with Crippen LogP contribution in [0.5, 0.6) is 0 Å². The normalized spacial score (nSPS) is 11.2. The molecule has 0 radical (unpaired) electrons. The van der Waals surface area contributed by atoms with Crippen LogP contribution in [0, 0.1) is 0 Å². The van der Waals surface area contributed by atoms with Crippen molar-refractivity contribution in [3.05, 3.63) is 34.3 Å². The molecule has 19 heavy (non-hydrogen) atoms. The minimum absolute atomic E-state index is 0.0380. The standard InChI is InChI=1S/C15H19BrO3/c1-15(2,3)19-14(18)10-6-9-13(17)11-7-4-5-8-12(11)16/h4-5,7-8H,6,9-10H2,1-3H3. The van der Waals surface area contributed by atoms with Gasteiger partial charge in [0, 0.05) is 22.9 Å². The second-order valence-electron chi connectivity index (χ2n) is 5.34. The summed E-state index contributed by atoms with van der Waals surface area (Å²) in [5, 5.41) is 0. The van der Waals surface area contributed by atoms with Crippen LogP contribution in [0.15, 0.2) is 28.7 Å². The second-order valence-corrected chi connectivity index (χ2v) is 6.20. The maximum Gasteiger partial charge on any atom is 0.306 e. The fourth-order valence-corrected chi connectivity index (χ4v) is 2.11. The van der Waals surface area contributed by atoms with E-state index in [1.807, 2.05) is 39.0 Å². The van der Waals surface area contributed by atoms with Gasteiger partial charge in [0.1, 0.15) is 5.60 Å². The fourth-order valence-electron chi connectivity index (χ4n) is 1.61. The molecule has 1 rings (SSSR count). The Kier molecular flexibility index (Phi) is 5.73. The number of Topliss-reactive ketones (excluding diaryl/α,β-unsaturated/α-hetero) is 1. The molecule has 0 amide bonds. The number of hydrogen-bond donors (Lipinski definition) is 0. The van der Waals surface area contributed by atoms with Crippen molar-refractivity contribution in [1.29, 1.82) is 0 Å². The lowest BCUT2D eigenvalue weighted by Gasteiger charge is -2.19. The van der Waals surface area contributed by atoms with Gasteiger partial charge >= 0.3 is 5.97 Å². The third kappa shape index (κ3) is 6.01. The molecule has 0 unspecified atom stereocenters. The van der Waals surface area contributed by atoms with E-state index in [-0.39, 0.29) is 18.2 Å². The summed E-state index contributed by atoms with van der Waals surface area (Å²) in [6.07, 6.45) is 1.13. The quantitative estimate of drug-likeness (QED) is 0.603. The number of ketones is 1. The van der Waals surface area contributed by atoms with E-state index in [2.05, 4.69) is 15.9 Å². The molecule has 0 atom stereocenters. The average molecular weight is 327 g/mol. The lowest BCUT2D eigenvalue weighted by Crippen LogP contribution is -2.23. The molecule has 0 aliphatic heterocycles. The van der Waals surface area contributed by atoms with E-state index in [1.165, 1.54) is 0 Å². The number of hydrogen-bond acceptors (Lipinski definition) is 3. The summed E-state index contributed by atoms with van der Waals surface area (Å²) in [6, 6.07) is 7.30. The number of benzene rings is 1. The molecule has 1 aromatic rings. The number of rotatable bonds is 5. The molecule has 0 bridgehead atoms. The maximum atomic E-state index is 12.0. The highest BCUT2D eigenvalue weighted by atomic mass is 79.9. The number of carbonyl (C=O) groups is 2. The van der Waals surface area contributed by atoms with Crippen molar-refractivity contribution in [2.45, 2.75) is 45.6 Å². The molecule has 4 heteroatoms. The van der Waals surface area contributed by atoms with Gasteiger partial charge in [-0.3, -0.25) is 9.59 Å². The van der Waals surface area contributed by atoms with Crippen molar-refractivity contribution in [2.24, 2.45) is 0 Å². The number of ether oxygens (including phenoxy) is 1. The van der Waals surface area contributed by atoms with Gasteiger partial charge in [0.25, 0.3) is 0 Å².